The molecule has 0 saturated carbocycles. The van der Waals surface area contributed by atoms with Crippen LogP contribution in [0.4, 0.5) is 0 Å². The number of hydrogen-bond acceptors (Lipinski definition) is 4. The number of ketones is 1. The quantitative estimate of drug-likeness (QED) is 0.648. The number of rotatable bonds is 6. The van der Waals surface area contributed by atoms with Crippen LogP contribution in [0.5, 0.6) is 0 Å². The largest absolute Gasteiger partial charge is 0.307 e. The van der Waals surface area contributed by atoms with E-state index in [0.29, 0.717) is 11.3 Å². The number of pyridine rings is 1. The Bertz CT molecular complexity index is 926. The average molecular weight is 336 g/mol. The lowest BCUT2D eigenvalue weighted by molar-refractivity contribution is 0.0974. The Morgan fingerprint density at radius 2 is 2.00 bits per heavy atom. The van der Waals surface area contributed by atoms with Gasteiger partial charge in [-0.1, -0.05) is 43.0 Å². The summed E-state index contributed by atoms with van der Waals surface area (Å²) in [5, 5.41) is 0.886. The van der Waals surface area contributed by atoms with Crippen molar-refractivity contribution in [1.29, 1.82) is 0 Å². The van der Waals surface area contributed by atoms with E-state index in [1.807, 2.05) is 30.3 Å². The molecule has 2 aromatic heterocycles. The van der Waals surface area contributed by atoms with Gasteiger partial charge in [0.15, 0.2) is 5.78 Å². The van der Waals surface area contributed by atoms with Crippen LogP contribution in [0.3, 0.4) is 0 Å². The molecule has 0 atom stereocenters. The Balaban J connectivity index is 1.74. The minimum absolute atomic E-state index is 0.00742. The van der Waals surface area contributed by atoms with Gasteiger partial charge in [-0.2, -0.15) is 0 Å². The van der Waals surface area contributed by atoms with Crippen molar-refractivity contribution in [2.45, 2.75) is 13.0 Å². The van der Waals surface area contributed by atoms with Crippen LogP contribution in [-0.2, 0) is 13.0 Å². The molecule has 1 aromatic carbocycles. The molecule has 0 saturated heterocycles. The Hall–Kier alpha value is -2.79. The van der Waals surface area contributed by atoms with E-state index in [0.717, 1.165) is 16.1 Å². The van der Waals surface area contributed by atoms with Gasteiger partial charge in [0.1, 0.15) is 0 Å². The number of carbonyl (C=O) groups is 1. The molecule has 0 aliphatic rings. The van der Waals surface area contributed by atoms with Crippen LogP contribution >= 0.6 is 11.3 Å². The fourth-order valence-electron chi connectivity index (χ4n) is 2.32. The van der Waals surface area contributed by atoms with Gasteiger partial charge in [0.05, 0.1) is 16.4 Å². The van der Waals surface area contributed by atoms with Gasteiger partial charge < -0.3 is 4.57 Å². The predicted molar refractivity (Wildman–Crippen MR) is 96.5 cm³/mol. The summed E-state index contributed by atoms with van der Waals surface area (Å²) in [6.45, 7) is 3.68. The summed E-state index contributed by atoms with van der Waals surface area (Å²) >= 11 is 1.37. The van der Waals surface area contributed by atoms with Crippen LogP contribution in [0, 0.1) is 0 Å². The maximum atomic E-state index is 12.4. The number of hydrogen-bond donors (Lipinski definition) is 0. The third kappa shape index (κ3) is 3.75. The molecule has 0 aliphatic heterocycles. The molecule has 0 N–H and O–H groups in total. The summed E-state index contributed by atoms with van der Waals surface area (Å²) in [7, 11) is 0. The summed E-state index contributed by atoms with van der Waals surface area (Å²) in [6, 6.07) is 13.1. The molecular weight excluding hydrogens is 320 g/mol. The van der Waals surface area contributed by atoms with Crippen molar-refractivity contribution < 1.29 is 4.79 Å². The lowest BCUT2D eigenvalue weighted by Gasteiger charge is -2.04. The molecule has 24 heavy (non-hydrogen) atoms. The first-order valence-electron chi connectivity index (χ1n) is 7.50. The first kappa shape index (κ1) is 16.1. The first-order valence-corrected chi connectivity index (χ1v) is 8.32. The molecule has 0 bridgehead atoms. The number of benzene rings is 1. The molecule has 0 aliphatic carbocycles. The van der Waals surface area contributed by atoms with Crippen LogP contribution < -0.4 is 5.56 Å². The second-order valence-electron chi connectivity index (χ2n) is 5.34. The Kier molecular flexibility index (Phi) is 4.82. The molecule has 0 spiro atoms. The van der Waals surface area contributed by atoms with Crippen molar-refractivity contribution in [3.8, 4) is 0 Å². The summed E-state index contributed by atoms with van der Waals surface area (Å²) in [5.41, 5.74) is 1.75. The fraction of sp³-hybridized carbons (Fsp3) is 0.105. The lowest BCUT2D eigenvalue weighted by atomic mass is 10.2. The van der Waals surface area contributed by atoms with Crippen LogP contribution in [0.1, 0.15) is 25.8 Å². The number of carbonyl (C=O) groups excluding carboxylic acids is 1. The maximum absolute atomic E-state index is 12.4. The highest BCUT2D eigenvalue weighted by atomic mass is 32.1. The zero-order chi connectivity index (χ0) is 16.9. The van der Waals surface area contributed by atoms with Gasteiger partial charge in [-0.3, -0.25) is 9.59 Å². The zero-order valence-electron chi connectivity index (χ0n) is 13.0. The van der Waals surface area contributed by atoms with Gasteiger partial charge in [-0.15, -0.1) is 11.3 Å². The number of thiazole rings is 1. The van der Waals surface area contributed by atoms with Gasteiger partial charge in [0.2, 0.25) is 0 Å². The second-order valence-corrected chi connectivity index (χ2v) is 6.45. The normalized spacial score (nSPS) is 10.5. The van der Waals surface area contributed by atoms with E-state index in [1.54, 1.807) is 24.5 Å². The van der Waals surface area contributed by atoms with E-state index in [-0.39, 0.29) is 17.9 Å². The monoisotopic (exact) mass is 336 g/mol. The van der Waals surface area contributed by atoms with E-state index in [2.05, 4.69) is 11.6 Å². The fourth-order valence-corrected chi connectivity index (χ4v) is 3.20. The van der Waals surface area contributed by atoms with Gasteiger partial charge in [0, 0.05) is 24.9 Å². The summed E-state index contributed by atoms with van der Waals surface area (Å²) < 4.78 is 1.40. The van der Waals surface area contributed by atoms with Crippen molar-refractivity contribution in [2.24, 2.45) is 0 Å². The molecule has 0 radical (unpaired) electrons. The van der Waals surface area contributed by atoms with E-state index < -0.39 is 0 Å². The SMILES string of the molecule is C=Cc1ccc(=O)n(CC(=O)c2cnc(Cc3ccccc3)s2)c1. The standard InChI is InChI=1S/C19H16N2O2S/c1-2-14-8-9-19(23)21(12-14)13-16(22)17-11-20-18(24-17)10-15-6-4-3-5-7-15/h2-9,11-12H,1,10,13H2. The van der Waals surface area contributed by atoms with Gasteiger partial charge in [-0.25, -0.2) is 4.98 Å². The summed E-state index contributed by atoms with van der Waals surface area (Å²) in [6.07, 6.45) is 5.57. The number of aromatic nitrogens is 2. The first-order chi connectivity index (χ1) is 11.7. The van der Waals surface area contributed by atoms with Crippen molar-refractivity contribution in [3.63, 3.8) is 0 Å². The van der Waals surface area contributed by atoms with Crippen molar-refractivity contribution in [2.75, 3.05) is 0 Å². The van der Waals surface area contributed by atoms with Gasteiger partial charge in [-0.05, 0) is 17.2 Å². The van der Waals surface area contributed by atoms with Gasteiger partial charge in [0.25, 0.3) is 5.56 Å². The maximum Gasteiger partial charge on any atom is 0.250 e. The molecule has 3 rings (SSSR count). The van der Waals surface area contributed by atoms with Crippen molar-refractivity contribution >= 4 is 23.2 Å². The minimum Gasteiger partial charge on any atom is -0.307 e. The van der Waals surface area contributed by atoms with E-state index in [4.69, 9.17) is 0 Å². The van der Waals surface area contributed by atoms with E-state index in [9.17, 15) is 9.59 Å². The smallest absolute Gasteiger partial charge is 0.250 e. The Labute approximate surface area is 143 Å². The summed E-state index contributed by atoms with van der Waals surface area (Å²) in [4.78, 5) is 29.2. The van der Waals surface area contributed by atoms with Crippen LogP contribution in [0.25, 0.3) is 6.08 Å². The Morgan fingerprint density at radius 1 is 1.21 bits per heavy atom. The van der Waals surface area contributed by atoms with Crippen molar-refractivity contribution in [3.05, 3.63) is 92.8 Å². The van der Waals surface area contributed by atoms with E-state index >= 15 is 0 Å². The van der Waals surface area contributed by atoms with Crippen LogP contribution in [-0.4, -0.2) is 15.3 Å². The third-order valence-corrected chi connectivity index (χ3v) is 4.62. The number of Topliss-reactive ketones (excluding diaryl/α,β-unsaturated/α-hetero) is 1. The van der Waals surface area contributed by atoms with Crippen LogP contribution in [0.15, 0.2) is 66.2 Å². The topological polar surface area (TPSA) is 52.0 Å². The highest BCUT2D eigenvalue weighted by Crippen LogP contribution is 2.18. The lowest BCUT2D eigenvalue weighted by Crippen LogP contribution is -2.22. The molecular formula is C19H16N2O2S. The second kappa shape index (κ2) is 7.19. The zero-order valence-corrected chi connectivity index (χ0v) is 13.8. The molecule has 5 heteroatoms. The molecule has 2 heterocycles. The van der Waals surface area contributed by atoms with Crippen molar-refractivity contribution in [1.82, 2.24) is 9.55 Å². The number of nitrogens with zero attached hydrogens (tertiary/aromatic N) is 2. The summed E-state index contributed by atoms with van der Waals surface area (Å²) in [5.74, 6) is -0.116. The molecule has 0 fully saturated rings. The van der Waals surface area contributed by atoms with Gasteiger partial charge >= 0.3 is 0 Å². The highest BCUT2D eigenvalue weighted by molar-refractivity contribution is 7.13. The molecule has 4 nitrogen and oxygen atoms in total. The minimum atomic E-state index is -0.206. The molecule has 3 aromatic rings. The molecule has 0 unspecified atom stereocenters. The van der Waals surface area contributed by atoms with Crippen LogP contribution in [0.2, 0.25) is 0 Å². The Morgan fingerprint density at radius 3 is 2.75 bits per heavy atom. The molecule has 120 valence electrons. The average Bonchev–Trinajstić information content (AvgIpc) is 3.06. The van der Waals surface area contributed by atoms with E-state index in [1.165, 1.54) is 22.0 Å². The highest BCUT2D eigenvalue weighted by Gasteiger charge is 2.12. The predicted octanol–water partition coefficient (Wildman–Crippen LogP) is 3.42. The molecule has 0 amide bonds. The third-order valence-electron chi connectivity index (χ3n) is 3.58.